The van der Waals surface area contributed by atoms with E-state index in [1.54, 1.807) is 6.20 Å². The Balaban J connectivity index is 2.64. The number of hydrogen-bond donors (Lipinski definition) is 2. The third kappa shape index (κ3) is 1.98. The summed E-state index contributed by atoms with van der Waals surface area (Å²) in [4.78, 5) is 0. The zero-order valence-electron chi connectivity index (χ0n) is 7.40. The van der Waals surface area contributed by atoms with Gasteiger partial charge in [-0.05, 0) is 31.2 Å². The fourth-order valence-corrected chi connectivity index (χ4v) is 1.52. The van der Waals surface area contributed by atoms with Crippen molar-refractivity contribution in [1.82, 2.24) is 0 Å². The quantitative estimate of drug-likeness (QED) is 0.477. The summed E-state index contributed by atoms with van der Waals surface area (Å²) in [7, 11) is 0. The zero-order valence-corrected chi connectivity index (χ0v) is 7.40. The summed E-state index contributed by atoms with van der Waals surface area (Å²) in [5, 5.41) is 0. The topological polar surface area (TPSA) is 52.0 Å². The van der Waals surface area contributed by atoms with Gasteiger partial charge in [0.25, 0.3) is 0 Å². The van der Waals surface area contributed by atoms with Gasteiger partial charge in [-0.2, -0.15) is 0 Å². The van der Waals surface area contributed by atoms with E-state index in [1.165, 1.54) is 5.57 Å². The molecule has 0 aliphatic heterocycles. The molecule has 0 aromatic rings. The molecule has 0 bridgehead atoms. The summed E-state index contributed by atoms with van der Waals surface area (Å²) in [6.45, 7) is 2.02. The molecule has 2 nitrogen and oxygen atoms in total. The molecule has 0 aromatic carbocycles. The molecule has 0 fully saturated rings. The van der Waals surface area contributed by atoms with Crippen LogP contribution in [0.25, 0.3) is 0 Å². The summed E-state index contributed by atoms with van der Waals surface area (Å²) in [5.41, 5.74) is 12.3. The molecule has 0 spiro atoms. The van der Waals surface area contributed by atoms with Gasteiger partial charge in [0, 0.05) is 12.0 Å². The molecule has 0 saturated carbocycles. The molecule has 0 amide bonds. The second kappa shape index (κ2) is 4.12. The highest BCUT2D eigenvalue weighted by atomic mass is 14.6. The van der Waals surface area contributed by atoms with Crippen LogP contribution in [0.4, 0.5) is 0 Å². The van der Waals surface area contributed by atoms with Crippen molar-refractivity contribution in [3.05, 3.63) is 36.1 Å². The molecule has 4 N–H and O–H groups in total. The Morgan fingerprint density at radius 3 is 2.67 bits per heavy atom. The standard InChI is InChI=1S/C10H16N2/c1-2-8(5-6-11)9-3-4-10(12)7-9/h2-6,9-10H,7,11-12H2,1H3/b6-5-,8-2+. The number of hydrogen-bond acceptors (Lipinski definition) is 2. The first-order valence-electron chi connectivity index (χ1n) is 4.26. The molecule has 66 valence electrons. The number of allylic oxidation sites excluding steroid dienone is 4. The summed E-state index contributed by atoms with van der Waals surface area (Å²) in [6, 6.07) is 0.219. The average molecular weight is 164 g/mol. The van der Waals surface area contributed by atoms with Crippen LogP contribution in [-0.4, -0.2) is 6.04 Å². The van der Waals surface area contributed by atoms with Gasteiger partial charge in [0.05, 0.1) is 0 Å². The van der Waals surface area contributed by atoms with E-state index in [0.717, 1.165) is 6.42 Å². The fraction of sp³-hybridized carbons (Fsp3) is 0.400. The lowest BCUT2D eigenvalue weighted by Gasteiger charge is -2.09. The molecule has 0 radical (unpaired) electrons. The molecule has 0 saturated heterocycles. The molecular weight excluding hydrogens is 148 g/mol. The number of rotatable bonds is 2. The maximum Gasteiger partial charge on any atom is 0.0232 e. The monoisotopic (exact) mass is 164 g/mol. The van der Waals surface area contributed by atoms with E-state index in [-0.39, 0.29) is 6.04 Å². The summed E-state index contributed by atoms with van der Waals surface area (Å²) in [6.07, 6.45) is 10.8. The maximum atomic E-state index is 5.74. The van der Waals surface area contributed by atoms with Crippen molar-refractivity contribution in [2.45, 2.75) is 19.4 Å². The fourth-order valence-electron chi connectivity index (χ4n) is 1.52. The lowest BCUT2D eigenvalue weighted by molar-refractivity contribution is 0.670. The normalized spacial score (nSPS) is 30.3. The average Bonchev–Trinajstić information content (AvgIpc) is 2.47. The van der Waals surface area contributed by atoms with Crippen molar-refractivity contribution in [3.63, 3.8) is 0 Å². The molecule has 12 heavy (non-hydrogen) atoms. The van der Waals surface area contributed by atoms with Crippen molar-refractivity contribution in [1.29, 1.82) is 0 Å². The van der Waals surface area contributed by atoms with Crippen LogP contribution >= 0.6 is 0 Å². The van der Waals surface area contributed by atoms with Crippen molar-refractivity contribution in [2.24, 2.45) is 17.4 Å². The minimum absolute atomic E-state index is 0.219. The second-order valence-corrected chi connectivity index (χ2v) is 3.04. The number of nitrogens with two attached hydrogens (primary N) is 2. The third-order valence-electron chi connectivity index (χ3n) is 2.17. The van der Waals surface area contributed by atoms with Gasteiger partial charge in [-0.1, -0.05) is 18.2 Å². The third-order valence-corrected chi connectivity index (χ3v) is 2.17. The van der Waals surface area contributed by atoms with E-state index in [9.17, 15) is 0 Å². The van der Waals surface area contributed by atoms with E-state index < -0.39 is 0 Å². The predicted molar refractivity (Wildman–Crippen MR) is 52.3 cm³/mol. The highest BCUT2D eigenvalue weighted by Gasteiger charge is 2.16. The van der Waals surface area contributed by atoms with Crippen LogP contribution in [0.15, 0.2) is 36.1 Å². The lowest BCUT2D eigenvalue weighted by Crippen LogP contribution is -2.15. The van der Waals surface area contributed by atoms with E-state index in [4.69, 9.17) is 11.5 Å². The first-order chi connectivity index (χ1) is 5.77. The molecule has 2 atom stereocenters. The molecule has 1 rings (SSSR count). The summed E-state index contributed by atoms with van der Waals surface area (Å²) >= 11 is 0. The van der Waals surface area contributed by atoms with Gasteiger partial charge in [0.2, 0.25) is 0 Å². The molecule has 1 aliphatic rings. The van der Waals surface area contributed by atoms with Crippen molar-refractivity contribution in [2.75, 3.05) is 0 Å². The highest BCUT2D eigenvalue weighted by molar-refractivity contribution is 5.28. The highest BCUT2D eigenvalue weighted by Crippen LogP contribution is 2.24. The van der Waals surface area contributed by atoms with E-state index in [0.29, 0.717) is 5.92 Å². The summed E-state index contributed by atoms with van der Waals surface area (Å²) in [5.74, 6) is 0.463. The Kier molecular flexibility index (Phi) is 3.11. The van der Waals surface area contributed by atoms with Gasteiger partial charge in [-0.25, -0.2) is 0 Å². The summed E-state index contributed by atoms with van der Waals surface area (Å²) < 4.78 is 0. The molecule has 2 unspecified atom stereocenters. The zero-order chi connectivity index (χ0) is 8.97. The first kappa shape index (κ1) is 9.07. The maximum absolute atomic E-state index is 5.74. The van der Waals surface area contributed by atoms with Crippen molar-refractivity contribution < 1.29 is 0 Å². The molecule has 2 heteroatoms. The second-order valence-electron chi connectivity index (χ2n) is 3.04. The molecular formula is C10H16N2. The predicted octanol–water partition coefficient (Wildman–Crippen LogP) is 1.31. The molecule has 1 aliphatic carbocycles. The Labute approximate surface area is 73.6 Å². The Bertz CT molecular complexity index is 226. The van der Waals surface area contributed by atoms with Crippen LogP contribution in [-0.2, 0) is 0 Å². The Morgan fingerprint density at radius 2 is 2.25 bits per heavy atom. The van der Waals surface area contributed by atoms with Gasteiger partial charge in [-0.3, -0.25) is 0 Å². The van der Waals surface area contributed by atoms with Crippen molar-refractivity contribution in [3.8, 4) is 0 Å². The van der Waals surface area contributed by atoms with Crippen LogP contribution < -0.4 is 11.5 Å². The van der Waals surface area contributed by atoms with Gasteiger partial charge < -0.3 is 11.5 Å². The Morgan fingerprint density at radius 1 is 1.50 bits per heavy atom. The molecule has 0 heterocycles. The van der Waals surface area contributed by atoms with Gasteiger partial charge in [-0.15, -0.1) is 0 Å². The largest absolute Gasteiger partial charge is 0.405 e. The van der Waals surface area contributed by atoms with E-state index >= 15 is 0 Å². The van der Waals surface area contributed by atoms with Crippen LogP contribution in [0.5, 0.6) is 0 Å². The van der Waals surface area contributed by atoms with E-state index in [1.807, 2.05) is 13.0 Å². The van der Waals surface area contributed by atoms with Gasteiger partial charge in [0.15, 0.2) is 0 Å². The lowest BCUT2D eigenvalue weighted by atomic mass is 9.97. The van der Waals surface area contributed by atoms with Gasteiger partial charge >= 0.3 is 0 Å². The SMILES string of the molecule is C/C=C(\C=C/N)C1C=CC(N)C1. The van der Waals surface area contributed by atoms with Crippen LogP contribution in [0.2, 0.25) is 0 Å². The minimum atomic E-state index is 0.219. The van der Waals surface area contributed by atoms with Crippen LogP contribution in [0.3, 0.4) is 0 Å². The first-order valence-corrected chi connectivity index (χ1v) is 4.26. The van der Waals surface area contributed by atoms with Gasteiger partial charge in [0.1, 0.15) is 0 Å². The molecule has 0 aromatic heterocycles. The van der Waals surface area contributed by atoms with Crippen LogP contribution in [0, 0.1) is 5.92 Å². The minimum Gasteiger partial charge on any atom is -0.405 e. The van der Waals surface area contributed by atoms with Crippen molar-refractivity contribution >= 4 is 0 Å². The van der Waals surface area contributed by atoms with E-state index in [2.05, 4.69) is 18.2 Å². The van der Waals surface area contributed by atoms with Crippen LogP contribution in [0.1, 0.15) is 13.3 Å². The smallest absolute Gasteiger partial charge is 0.0232 e. The Hall–Kier alpha value is -1.02.